The van der Waals surface area contributed by atoms with Gasteiger partial charge in [-0.05, 0) is 61.1 Å². The predicted molar refractivity (Wildman–Crippen MR) is 177 cm³/mol. The number of anilines is 2. The number of hydrogen-bond donors (Lipinski definition) is 2. The van der Waals surface area contributed by atoms with E-state index in [0.29, 0.717) is 23.8 Å². The van der Waals surface area contributed by atoms with Crippen LogP contribution in [0.3, 0.4) is 0 Å². The number of amides is 1. The number of benzene rings is 3. The molecule has 1 amide bonds. The van der Waals surface area contributed by atoms with E-state index in [1.165, 1.54) is 37.7 Å². The van der Waals surface area contributed by atoms with Gasteiger partial charge in [0.05, 0.1) is 24.2 Å². The lowest BCUT2D eigenvalue weighted by molar-refractivity contribution is -0.136. The van der Waals surface area contributed by atoms with E-state index in [2.05, 4.69) is 45.0 Å². The number of aromatic nitrogens is 2. The van der Waals surface area contributed by atoms with Gasteiger partial charge in [0.2, 0.25) is 0 Å². The van der Waals surface area contributed by atoms with Crippen molar-refractivity contribution in [1.82, 2.24) is 15.5 Å². The van der Waals surface area contributed by atoms with Crippen molar-refractivity contribution in [3.05, 3.63) is 107 Å². The Kier molecular flexibility index (Phi) is 9.35. The standard InChI is InChI=1S/C36H36N4O4S/c1-24-33(34(39-44-24)28-10-6-3-7-11-28)31-23-45-36(38-31)40(30-18-16-27(17-19-30)26-8-4-2-5-9-26)22-25-12-14-29(15-13-25)35(43)37-21-20-32(41)42/h3,6-7,10-19,23,26H,2,4-5,8-9,20-22H2,1H3,(H,37,43)(H,41,42). The van der Waals surface area contributed by atoms with Crippen LogP contribution in [-0.2, 0) is 11.3 Å². The molecule has 9 heteroatoms. The summed E-state index contributed by atoms with van der Waals surface area (Å²) in [5.41, 5.74) is 7.36. The fourth-order valence-electron chi connectivity index (χ4n) is 5.93. The molecule has 1 saturated carbocycles. The number of hydrogen-bond acceptors (Lipinski definition) is 7. The molecule has 1 aliphatic rings. The second-order valence-corrected chi connectivity index (χ2v) is 12.3. The van der Waals surface area contributed by atoms with Gasteiger partial charge < -0.3 is 19.8 Å². The van der Waals surface area contributed by atoms with Crippen LogP contribution >= 0.6 is 11.3 Å². The van der Waals surface area contributed by atoms with Crippen molar-refractivity contribution < 1.29 is 19.2 Å². The van der Waals surface area contributed by atoms with E-state index in [1.54, 1.807) is 23.5 Å². The normalized spacial score (nSPS) is 13.4. The van der Waals surface area contributed by atoms with Crippen molar-refractivity contribution in [1.29, 1.82) is 0 Å². The summed E-state index contributed by atoms with van der Waals surface area (Å²) >= 11 is 1.57. The highest BCUT2D eigenvalue weighted by atomic mass is 32.1. The van der Waals surface area contributed by atoms with Crippen molar-refractivity contribution in [2.75, 3.05) is 11.4 Å². The molecule has 6 rings (SSSR count). The van der Waals surface area contributed by atoms with Gasteiger partial charge in [0.1, 0.15) is 11.5 Å². The Balaban J connectivity index is 1.29. The van der Waals surface area contributed by atoms with Crippen molar-refractivity contribution >= 4 is 34.0 Å². The van der Waals surface area contributed by atoms with Crippen LogP contribution in [0, 0.1) is 6.92 Å². The highest BCUT2D eigenvalue weighted by molar-refractivity contribution is 7.14. The molecule has 1 aliphatic carbocycles. The summed E-state index contributed by atoms with van der Waals surface area (Å²) in [6, 6.07) is 26.3. The summed E-state index contributed by atoms with van der Waals surface area (Å²) < 4.78 is 5.63. The summed E-state index contributed by atoms with van der Waals surface area (Å²) in [7, 11) is 0. The Morgan fingerprint density at radius 1 is 0.978 bits per heavy atom. The molecule has 0 atom stereocenters. The molecule has 8 nitrogen and oxygen atoms in total. The minimum atomic E-state index is -0.946. The highest BCUT2D eigenvalue weighted by Crippen LogP contribution is 2.39. The molecule has 45 heavy (non-hydrogen) atoms. The molecule has 0 unspecified atom stereocenters. The van der Waals surface area contributed by atoms with Gasteiger partial charge in [0, 0.05) is 28.7 Å². The zero-order valence-electron chi connectivity index (χ0n) is 25.2. The van der Waals surface area contributed by atoms with Gasteiger partial charge >= 0.3 is 5.97 Å². The number of carboxylic acids is 1. The van der Waals surface area contributed by atoms with E-state index in [9.17, 15) is 9.59 Å². The fraction of sp³-hybridized carbons (Fsp3) is 0.278. The first kappa shape index (κ1) is 30.3. The topological polar surface area (TPSA) is 109 Å². The second-order valence-electron chi connectivity index (χ2n) is 11.5. The molecule has 2 N–H and O–H groups in total. The number of carbonyl (C=O) groups excluding carboxylic acids is 1. The third-order valence-corrected chi connectivity index (χ3v) is 9.22. The Hall–Kier alpha value is -4.76. The van der Waals surface area contributed by atoms with Crippen LogP contribution in [0.1, 0.15) is 71.7 Å². The lowest BCUT2D eigenvalue weighted by atomic mass is 9.84. The quantitative estimate of drug-likeness (QED) is 0.153. The van der Waals surface area contributed by atoms with Gasteiger partial charge in [-0.1, -0.05) is 79.0 Å². The predicted octanol–water partition coefficient (Wildman–Crippen LogP) is 8.36. The summed E-state index contributed by atoms with van der Waals surface area (Å²) in [5.74, 6) is 0.0976. The number of rotatable bonds is 11. The maximum Gasteiger partial charge on any atom is 0.305 e. The summed E-state index contributed by atoms with van der Waals surface area (Å²) in [5, 5.41) is 18.8. The smallest absolute Gasteiger partial charge is 0.305 e. The third kappa shape index (κ3) is 7.15. The third-order valence-electron chi connectivity index (χ3n) is 8.35. The van der Waals surface area contributed by atoms with E-state index in [4.69, 9.17) is 14.6 Å². The molecule has 0 spiro atoms. The van der Waals surface area contributed by atoms with Crippen molar-refractivity contribution in [2.24, 2.45) is 0 Å². The Morgan fingerprint density at radius 3 is 2.42 bits per heavy atom. The average Bonchev–Trinajstić information content (AvgIpc) is 3.71. The maximum absolute atomic E-state index is 12.5. The van der Waals surface area contributed by atoms with Crippen LogP contribution in [0.25, 0.3) is 22.5 Å². The minimum absolute atomic E-state index is 0.0879. The molecule has 2 aromatic heterocycles. The lowest BCUT2D eigenvalue weighted by Crippen LogP contribution is -2.26. The van der Waals surface area contributed by atoms with E-state index in [-0.39, 0.29) is 18.9 Å². The SMILES string of the molecule is Cc1onc(-c2ccccc2)c1-c1csc(N(Cc2ccc(C(=O)NCCC(=O)O)cc2)c2ccc(C3CCCCC3)cc2)n1. The van der Waals surface area contributed by atoms with Gasteiger partial charge in [0.25, 0.3) is 5.91 Å². The maximum atomic E-state index is 12.5. The molecular weight excluding hydrogens is 584 g/mol. The van der Waals surface area contributed by atoms with E-state index >= 15 is 0 Å². The highest BCUT2D eigenvalue weighted by Gasteiger charge is 2.22. The van der Waals surface area contributed by atoms with Crippen LogP contribution in [0.5, 0.6) is 0 Å². The first-order chi connectivity index (χ1) is 22.0. The number of nitrogens with zero attached hydrogens (tertiary/aromatic N) is 3. The van der Waals surface area contributed by atoms with E-state index in [1.807, 2.05) is 49.4 Å². The number of aliphatic carboxylic acids is 1. The molecule has 0 bridgehead atoms. The van der Waals surface area contributed by atoms with Crippen LogP contribution in [0.2, 0.25) is 0 Å². The van der Waals surface area contributed by atoms with Crippen molar-refractivity contribution in [3.63, 3.8) is 0 Å². The molecule has 0 saturated heterocycles. The summed E-state index contributed by atoms with van der Waals surface area (Å²) in [6.45, 7) is 2.55. The Morgan fingerprint density at radius 2 is 1.71 bits per heavy atom. The number of aryl methyl sites for hydroxylation is 1. The second kappa shape index (κ2) is 13.9. The van der Waals surface area contributed by atoms with Crippen LogP contribution < -0.4 is 10.2 Å². The van der Waals surface area contributed by atoms with E-state index < -0.39 is 5.97 Å². The van der Waals surface area contributed by atoms with Gasteiger partial charge in [0.15, 0.2) is 5.13 Å². The first-order valence-electron chi connectivity index (χ1n) is 15.4. The zero-order chi connectivity index (χ0) is 31.2. The zero-order valence-corrected chi connectivity index (χ0v) is 26.1. The van der Waals surface area contributed by atoms with Crippen LogP contribution in [0.4, 0.5) is 10.8 Å². The number of carboxylic acid groups (broad SMARTS) is 1. The largest absolute Gasteiger partial charge is 0.481 e. The van der Waals surface area contributed by atoms with Gasteiger partial charge in [-0.15, -0.1) is 11.3 Å². The fourth-order valence-corrected chi connectivity index (χ4v) is 6.77. The van der Waals surface area contributed by atoms with Gasteiger partial charge in [-0.25, -0.2) is 4.98 Å². The molecule has 5 aromatic rings. The lowest BCUT2D eigenvalue weighted by Gasteiger charge is -2.25. The molecule has 0 aliphatic heterocycles. The summed E-state index contributed by atoms with van der Waals surface area (Å²) in [6.07, 6.45) is 6.29. The number of nitrogens with one attached hydrogen (secondary N) is 1. The molecule has 230 valence electrons. The van der Waals surface area contributed by atoms with Crippen LogP contribution in [0.15, 0.2) is 88.8 Å². The molecule has 3 aromatic carbocycles. The monoisotopic (exact) mass is 620 g/mol. The Labute approximate surface area is 266 Å². The number of thiazole rings is 1. The molecule has 2 heterocycles. The van der Waals surface area contributed by atoms with E-state index in [0.717, 1.165) is 38.9 Å². The molecule has 1 fully saturated rings. The molecule has 0 radical (unpaired) electrons. The Bertz CT molecular complexity index is 1740. The first-order valence-corrected chi connectivity index (χ1v) is 16.3. The minimum Gasteiger partial charge on any atom is -0.481 e. The number of carbonyl (C=O) groups is 2. The van der Waals surface area contributed by atoms with Crippen molar-refractivity contribution in [2.45, 2.75) is 57.9 Å². The van der Waals surface area contributed by atoms with Gasteiger partial charge in [-0.2, -0.15) is 0 Å². The van der Waals surface area contributed by atoms with Gasteiger partial charge in [-0.3, -0.25) is 9.59 Å². The van der Waals surface area contributed by atoms with Crippen molar-refractivity contribution in [3.8, 4) is 22.5 Å². The molecular formula is C36H36N4O4S. The average molecular weight is 621 g/mol. The van der Waals surface area contributed by atoms with Crippen LogP contribution in [-0.4, -0.2) is 33.7 Å². The summed E-state index contributed by atoms with van der Waals surface area (Å²) in [4.78, 5) is 30.6.